The van der Waals surface area contributed by atoms with Crippen molar-refractivity contribution in [1.29, 1.82) is 0 Å². The molecular formula is C48H43O4PPd4. The van der Waals surface area contributed by atoms with E-state index in [1.807, 2.05) is 243 Å². The fraction of sp³-hybridized carbons (Fsp3) is 0. The van der Waals surface area contributed by atoms with Crippen molar-refractivity contribution < 1.29 is 101 Å². The average Bonchev–Trinajstić information content (AvgIpc) is 3.27. The molecule has 0 aliphatic rings. The molecule has 0 aliphatic heterocycles. The minimum atomic E-state index is -4.64. The quantitative estimate of drug-likeness (QED) is 0.0803. The predicted molar refractivity (Wildman–Crippen MR) is 216 cm³/mol. The van der Waals surface area contributed by atoms with Gasteiger partial charge in [-0.1, -0.05) is 0 Å². The normalized spacial score (nSPS) is 7.77. The Morgan fingerprint density at radius 2 is 0.281 bits per heavy atom. The van der Waals surface area contributed by atoms with Crippen molar-refractivity contribution in [3.63, 3.8) is 0 Å². The van der Waals surface area contributed by atoms with Gasteiger partial charge in [-0.25, -0.2) is 4.57 Å². The maximum Gasteiger partial charge on any atom is 2.00 e. The average molecular weight is 1140 g/mol. The molecule has 0 bridgehead atoms. The Morgan fingerprint density at radius 3 is 0.298 bits per heavy atom. The molecule has 0 saturated carbocycles. The molecular weight excluding hydrogens is 1100 g/mol. The summed E-state index contributed by atoms with van der Waals surface area (Å²) in [5.74, 6) is 0. The zero-order valence-corrected chi connectivity index (χ0v) is 37.7. The standard InChI is InChI=1S/8C6H5.H3O4P.4Pd/c8*1-2-4-6-5-3-1;1-5(2,3)4;;;;/h8*1-5H;(H3,1,2,3,4);;;;/q8*-1;;4*+2. The van der Waals surface area contributed by atoms with E-state index in [0.29, 0.717) is 0 Å². The fourth-order valence-corrected chi connectivity index (χ4v) is 2.74. The van der Waals surface area contributed by atoms with E-state index in [1.165, 1.54) is 0 Å². The van der Waals surface area contributed by atoms with E-state index in [1.54, 1.807) is 0 Å². The molecule has 8 aromatic rings. The van der Waals surface area contributed by atoms with Crippen molar-refractivity contribution in [3.8, 4) is 0 Å². The SMILES string of the molecule is O=P(O)(O)O.[Pd+2].[Pd+2].[Pd+2].[Pd+2].[c-]1ccccc1.[c-]1ccccc1.[c-]1ccccc1.[c-]1ccccc1.[c-]1ccccc1.[c-]1ccccc1.[c-]1ccccc1.[c-]1ccccc1. The van der Waals surface area contributed by atoms with Crippen molar-refractivity contribution in [1.82, 2.24) is 0 Å². The second-order valence-electron chi connectivity index (χ2n) is 9.13. The van der Waals surface area contributed by atoms with Gasteiger partial charge in [0.25, 0.3) is 0 Å². The molecule has 0 radical (unpaired) electrons. The second kappa shape index (κ2) is 54.6. The van der Waals surface area contributed by atoms with Gasteiger partial charge in [-0.3, -0.25) is 0 Å². The van der Waals surface area contributed by atoms with Crippen LogP contribution in [0, 0.1) is 48.5 Å². The summed E-state index contributed by atoms with van der Waals surface area (Å²) in [6.07, 6.45) is 0. The van der Waals surface area contributed by atoms with Crippen LogP contribution < -0.4 is 0 Å². The van der Waals surface area contributed by atoms with Gasteiger partial charge >= 0.3 is 89.5 Å². The Balaban J connectivity index is -0.000000176. The van der Waals surface area contributed by atoms with Gasteiger partial charge in [-0.15, -0.1) is 0 Å². The van der Waals surface area contributed by atoms with Crippen LogP contribution in [0.25, 0.3) is 0 Å². The zero-order valence-electron chi connectivity index (χ0n) is 30.6. The number of hydrogen-bond donors (Lipinski definition) is 3. The third-order valence-corrected chi connectivity index (χ3v) is 4.86. The Bertz CT molecular complexity index is 1150. The first-order valence-corrected chi connectivity index (χ1v) is 17.6. The predicted octanol–water partition coefficient (Wildman–Crippen LogP) is 11.0. The van der Waals surface area contributed by atoms with Gasteiger partial charge in [0, 0.05) is 0 Å². The van der Waals surface area contributed by atoms with E-state index in [0.717, 1.165) is 0 Å². The number of hydrogen-bond acceptors (Lipinski definition) is 1. The number of phosphoric acid groups is 1. The monoisotopic (exact) mass is 1140 g/mol. The molecule has 0 aliphatic carbocycles. The fourth-order valence-electron chi connectivity index (χ4n) is 2.74. The van der Waals surface area contributed by atoms with Gasteiger partial charge in [0.15, 0.2) is 0 Å². The summed E-state index contributed by atoms with van der Waals surface area (Å²) in [6, 6.07) is 100. The third kappa shape index (κ3) is 67.6. The molecule has 4 nitrogen and oxygen atoms in total. The molecule has 304 valence electrons. The Labute approximate surface area is 396 Å². The maximum absolute atomic E-state index is 8.88. The van der Waals surface area contributed by atoms with Crippen LogP contribution >= 0.6 is 7.82 Å². The van der Waals surface area contributed by atoms with Crippen molar-refractivity contribution in [2.45, 2.75) is 0 Å². The van der Waals surface area contributed by atoms with Crippen LogP contribution in [-0.2, 0) is 86.3 Å². The summed E-state index contributed by atoms with van der Waals surface area (Å²) >= 11 is 0. The first-order chi connectivity index (χ1) is 26.0. The molecule has 0 unspecified atom stereocenters. The van der Waals surface area contributed by atoms with Crippen LogP contribution in [0.3, 0.4) is 0 Å². The molecule has 0 fully saturated rings. The summed E-state index contributed by atoms with van der Waals surface area (Å²) in [4.78, 5) is 21.6. The van der Waals surface area contributed by atoms with Gasteiger partial charge < -0.3 is 14.7 Å². The first kappa shape index (κ1) is 62.7. The molecule has 0 aromatic heterocycles. The molecule has 0 amide bonds. The molecule has 9 heteroatoms. The summed E-state index contributed by atoms with van der Waals surface area (Å²) < 4.78 is 8.88. The largest absolute Gasteiger partial charge is 2.00 e. The van der Waals surface area contributed by atoms with Gasteiger partial charge in [-0.05, 0) is 0 Å². The van der Waals surface area contributed by atoms with E-state index >= 15 is 0 Å². The van der Waals surface area contributed by atoms with Gasteiger partial charge in [0.1, 0.15) is 0 Å². The van der Waals surface area contributed by atoms with Crippen molar-refractivity contribution in [2.24, 2.45) is 0 Å². The third-order valence-electron chi connectivity index (χ3n) is 4.86. The molecule has 8 aromatic carbocycles. The second-order valence-corrected chi connectivity index (χ2v) is 10.2. The molecule has 0 atom stereocenters. The minimum Gasteiger partial charge on any atom is -0.303 e. The Hall–Kier alpha value is -3.48. The van der Waals surface area contributed by atoms with E-state index in [2.05, 4.69) is 48.5 Å². The van der Waals surface area contributed by atoms with Gasteiger partial charge in [0.2, 0.25) is 0 Å². The van der Waals surface area contributed by atoms with Crippen molar-refractivity contribution >= 4 is 7.82 Å². The van der Waals surface area contributed by atoms with Crippen LogP contribution in [0.2, 0.25) is 0 Å². The van der Waals surface area contributed by atoms with Crippen LogP contribution in [-0.4, -0.2) is 14.7 Å². The molecule has 0 heterocycles. The van der Waals surface area contributed by atoms with E-state index in [4.69, 9.17) is 19.2 Å². The van der Waals surface area contributed by atoms with Gasteiger partial charge in [-0.2, -0.15) is 291 Å². The zero-order chi connectivity index (χ0) is 38.4. The Kier molecular flexibility index (Phi) is 60.1. The van der Waals surface area contributed by atoms with E-state index < -0.39 is 7.82 Å². The smallest absolute Gasteiger partial charge is 0.303 e. The number of benzene rings is 8. The van der Waals surface area contributed by atoms with Crippen molar-refractivity contribution in [3.05, 3.63) is 291 Å². The summed E-state index contributed by atoms with van der Waals surface area (Å²) in [7, 11) is -4.64. The Morgan fingerprint density at radius 1 is 0.211 bits per heavy atom. The molecule has 8 rings (SSSR count). The summed E-state index contributed by atoms with van der Waals surface area (Å²) in [5.41, 5.74) is 0. The van der Waals surface area contributed by atoms with Crippen LogP contribution in [0.5, 0.6) is 0 Å². The van der Waals surface area contributed by atoms with Crippen LogP contribution in [0.1, 0.15) is 0 Å². The number of rotatable bonds is 0. The molecule has 57 heavy (non-hydrogen) atoms. The molecule has 3 N–H and O–H groups in total. The molecule has 0 saturated heterocycles. The van der Waals surface area contributed by atoms with Crippen LogP contribution in [0.4, 0.5) is 0 Å². The van der Waals surface area contributed by atoms with Crippen molar-refractivity contribution in [2.75, 3.05) is 0 Å². The maximum atomic E-state index is 8.88. The minimum absolute atomic E-state index is 0. The molecule has 0 spiro atoms. The van der Waals surface area contributed by atoms with Gasteiger partial charge in [0.05, 0.1) is 0 Å². The van der Waals surface area contributed by atoms with E-state index in [-0.39, 0.29) is 81.7 Å². The summed E-state index contributed by atoms with van der Waals surface area (Å²) in [5, 5.41) is 0. The van der Waals surface area contributed by atoms with E-state index in [9.17, 15) is 0 Å². The van der Waals surface area contributed by atoms with Crippen LogP contribution in [0.15, 0.2) is 243 Å². The topological polar surface area (TPSA) is 77.8 Å². The first-order valence-electron chi connectivity index (χ1n) is 16.1. The summed E-state index contributed by atoms with van der Waals surface area (Å²) in [6.45, 7) is 0.